The van der Waals surface area contributed by atoms with E-state index < -0.39 is 0 Å². The van der Waals surface area contributed by atoms with E-state index in [0.717, 1.165) is 0 Å². The van der Waals surface area contributed by atoms with Crippen molar-refractivity contribution in [3.8, 4) is 5.75 Å². The van der Waals surface area contributed by atoms with Crippen LogP contribution in [0.3, 0.4) is 0 Å². The second kappa shape index (κ2) is 3.17. The number of hydrogen-bond acceptors (Lipinski definition) is 2. The highest BCUT2D eigenvalue weighted by atomic mass is 19.1. The molecule has 54 valence electrons. The van der Waals surface area contributed by atoms with E-state index in [1.165, 1.54) is 24.3 Å². The summed E-state index contributed by atoms with van der Waals surface area (Å²) >= 11 is 0. The Morgan fingerprint density at radius 3 is 2.40 bits per heavy atom. The number of ether oxygens (including phenoxy) is 1. The maximum absolute atomic E-state index is 12.2. The lowest BCUT2D eigenvalue weighted by Crippen LogP contribution is -1.93. The minimum Gasteiger partial charge on any atom is -0.468 e. The Hall–Kier alpha value is -1.09. The molecule has 0 amide bonds. The minimum atomic E-state index is -0.383. The molecule has 1 aromatic carbocycles. The van der Waals surface area contributed by atoms with Crippen LogP contribution < -0.4 is 4.74 Å². The van der Waals surface area contributed by atoms with Gasteiger partial charge in [-0.15, -0.1) is 0 Å². The van der Waals surface area contributed by atoms with E-state index in [1.54, 1.807) is 0 Å². The van der Waals surface area contributed by atoms with Crippen LogP contribution in [0.5, 0.6) is 5.75 Å². The largest absolute Gasteiger partial charge is 0.468 e. The van der Waals surface area contributed by atoms with Crippen molar-refractivity contribution in [2.24, 2.45) is 0 Å². The smallest absolute Gasteiger partial charge is 0.186 e. The fourth-order valence-electron chi connectivity index (χ4n) is 0.605. The van der Waals surface area contributed by atoms with Gasteiger partial charge in [0.05, 0.1) is 0 Å². The number of hydrogen-bond donors (Lipinski definition) is 1. The summed E-state index contributed by atoms with van der Waals surface area (Å²) in [5, 5.41) is 8.27. The van der Waals surface area contributed by atoms with Gasteiger partial charge in [0.25, 0.3) is 0 Å². The van der Waals surface area contributed by atoms with Crippen molar-refractivity contribution >= 4 is 0 Å². The predicted octanol–water partition coefficient (Wildman–Crippen LogP) is 1.15. The average molecular weight is 142 g/mol. The highest BCUT2D eigenvalue weighted by Crippen LogP contribution is 2.09. The van der Waals surface area contributed by atoms with Crippen LogP contribution in [0, 0.1) is 5.82 Å². The molecule has 1 rings (SSSR count). The van der Waals surface area contributed by atoms with Gasteiger partial charge in [-0.1, -0.05) is 0 Å². The first kappa shape index (κ1) is 7.02. The van der Waals surface area contributed by atoms with Crippen molar-refractivity contribution in [1.82, 2.24) is 0 Å². The van der Waals surface area contributed by atoms with E-state index in [4.69, 9.17) is 5.11 Å². The first-order valence-corrected chi connectivity index (χ1v) is 2.82. The lowest BCUT2D eigenvalue weighted by atomic mass is 10.3. The predicted molar refractivity (Wildman–Crippen MR) is 34.1 cm³/mol. The van der Waals surface area contributed by atoms with Crippen molar-refractivity contribution in [2.75, 3.05) is 6.79 Å². The third kappa shape index (κ3) is 1.70. The summed E-state index contributed by atoms with van der Waals surface area (Å²) < 4.78 is 16.9. The Balaban J connectivity index is 2.69. The molecular formula is C7H7FO2. The zero-order valence-electron chi connectivity index (χ0n) is 5.25. The molecular weight excluding hydrogens is 135 g/mol. The standard InChI is InChI=1S/C7H7FO2/c8-6-1-3-7(4-2-6)10-5-9/h1-4,9H,5H2. The van der Waals surface area contributed by atoms with Gasteiger partial charge in [-0.05, 0) is 24.3 Å². The quantitative estimate of drug-likeness (QED) is 0.628. The Bertz CT molecular complexity index is 195. The third-order valence-corrected chi connectivity index (χ3v) is 1.04. The first-order chi connectivity index (χ1) is 4.83. The molecule has 0 saturated heterocycles. The number of halogens is 1. The summed E-state index contributed by atoms with van der Waals surface area (Å²) in [6.07, 6.45) is 0. The molecule has 1 N–H and O–H groups in total. The Labute approximate surface area is 57.9 Å². The molecule has 0 bridgehead atoms. The monoisotopic (exact) mass is 142 g/mol. The Morgan fingerprint density at radius 1 is 1.30 bits per heavy atom. The van der Waals surface area contributed by atoms with Gasteiger partial charge < -0.3 is 9.84 Å². The van der Waals surface area contributed by atoms with Crippen molar-refractivity contribution < 1.29 is 14.2 Å². The zero-order chi connectivity index (χ0) is 7.40. The van der Waals surface area contributed by atoms with E-state index in [2.05, 4.69) is 4.74 Å². The van der Waals surface area contributed by atoms with E-state index in [9.17, 15) is 4.39 Å². The summed E-state index contributed by atoms with van der Waals surface area (Å²) in [4.78, 5) is 0. The van der Waals surface area contributed by atoms with Crippen LogP contribution in [-0.2, 0) is 0 Å². The van der Waals surface area contributed by atoms with Crippen LogP contribution in [0.2, 0.25) is 0 Å². The SMILES string of the molecule is OCOc1ccc(F)cc1. The summed E-state index contributed by atoms with van der Waals surface area (Å²) in [5.41, 5.74) is 0. The summed E-state index contributed by atoms with van der Waals surface area (Å²) in [6, 6.07) is 5.44. The molecule has 0 saturated carbocycles. The van der Waals surface area contributed by atoms with Crippen LogP contribution in [0.1, 0.15) is 0 Å². The van der Waals surface area contributed by atoms with Gasteiger partial charge >= 0.3 is 0 Å². The fourth-order valence-corrected chi connectivity index (χ4v) is 0.605. The molecule has 1 aromatic rings. The summed E-state index contributed by atoms with van der Waals surface area (Å²) in [5.74, 6) is 0.147. The molecule has 2 nitrogen and oxygen atoms in total. The van der Waals surface area contributed by atoms with Crippen molar-refractivity contribution in [3.63, 3.8) is 0 Å². The lowest BCUT2D eigenvalue weighted by molar-refractivity contribution is 0.0984. The molecule has 10 heavy (non-hydrogen) atoms. The third-order valence-electron chi connectivity index (χ3n) is 1.04. The summed E-state index contributed by atoms with van der Waals surface area (Å²) in [7, 11) is 0. The number of aliphatic hydroxyl groups is 1. The molecule has 0 aliphatic carbocycles. The van der Waals surface area contributed by atoms with Gasteiger partial charge in [0, 0.05) is 0 Å². The van der Waals surface area contributed by atoms with Crippen LogP contribution in [0.4, 0.5) is 4.39 Å². The van der Waals surface area contributed by atoms with E-state index in [-0.39, 0.29) is 12.6 Å². The highest BCUT2D eigenvalue weighted by Gasteiger charge is 1.90. The molecule has 0 atom stereocenters. The average Bonchev–Trinajstić information content (AvgIpc) is 1.95. The highest BCUT2D eigenvalue weighted by molar-refractivity contribution is 5.21. The molecule has 0 aliphatic heterocycles. The second-order valence-corrected chi connectivity index (χ2v) is 1.73. The van der Waals surface area contributed by atoms with Crippen molar-refractivity contribution in [3.05, 3.63) is 30.1 Å². The van der Waals surface area contributed by atoms with Gasteiger partial charge in [-0.3, -0.25) is 0 Å². The molecule has 0 aromatic heterocycles. The zero-order valence-corrected chi connectivity index (χ0v) is 5.25. The topological polar surface area (TPSA) is 29.5 Å². The summed E-state index contributed by atoms with van der Waals surface area (Å²) in [6.45, 7) is -0.383. The van der Waals surface area contributed by atoms with Crippen LogP contribution >= 0.6 is 0 Å². The number of benzene rings is 1. The van der Waals surface area contributed by atoms with E-state index in [1.807, 2.05) is 0 Å². The van der Waals surface area contributed by atoms with Gasteiger partial charge in [0.15, 0.2) is 6.79 Å². The first-order valence-electron chi connectivity index (χ1n) is 2.82. The number of aliphatic hydroxyl groups excluding tert-OH is 1. The fraction of sp³-hybridized carbons (Fsp3) is 0.143. The maximum atomic E-state index is 12.2. The van der Waals surface area contributed by atoms with Crippen molar-refractivity contribution in [1.29, 1.82) is 0 Å². The maximum Gasteiger partial charge on any atom is 0.186 e. The molecule has 0 spiro atoms. The normalized spacial score (nSPS) is 9.40. The Morgan fingerprint density at radius 2 is 1.90 bits per heavy atom. The minimum absolute atomic E-state index is 0.315. The van der Waals surface area contributed by atoms with Crippen LogP contribution in [0.25, 0.3) is 0 Å². The van der Waals surface area contributed by atoms with Gasteiger partial charge in [-0.2, -0.15) is 0 Å². The number of rotatable bonds is 2. The van der Waals surface area contributed by atoms with Crippen LogP contribution in [-0.4, -0.2) is 11.9 Å². The van der Waals surface area contributed by atoms with Gasteiger partial charge in [0.1, 0.15) is 11.6 Å². The molecule has 3 heteroatoms. The van der Waals surface area contributed by atoms with Gasteiger partial charge in [-0.25, -0.2) is 4.39 Å². The molecule has 0 fully saturated rings. The molecule has 0 unspecified atom stereocenters. The molecule has 0 aliphatic rings. The van der Waals surface area contributed by atoms with E-state index in [0.29, 0.717) is 5.75 Å². The van der Waals surface area contributed by atoms with Crippen LogP contribution in [0.15, 0.2) is 24.3 Å². The van der Waals surface area contributed by atoms with Crippen molar-refractivity contribution in [2.45, 2.75) is 0 Å². The molecule has 0 heterocycles. The molecule has 0 radical (unpaired) electrons. The van der Waals surface area contributed by atoms with E-state index >= 15 is 0 Å². The lowest BCUT2D eigenvalue weighted by Gasteiger charge is -1.99. The second-order valence-electron chi connectivity index (χ2n) is 1.73. The van der Waals surface area contributed by atoms with Gasteiger partial charge in [0.2, 0.25) is 0 Å². The Kier molecular flexibility index (Phi) is 2.23.